The molecule has 0 aromatic rings. The fraction of sp³-hybridized carbons (Fsp3) is 0.892. The predicted octanol–water partition coefficient (Wildman–Crippen LogP) is 12.3. The molecule has 0 saturated carbocycles. The number of hydrogen-bond acceptors (Lipinski definition) is 3. The van der Waals surface area contributed by atoms with Crippen LogP contribution in [-0.4, -0.2) is 23.1 Å². The summed E-state index contributed by atoms with van der Waals surface area (Å²) >= 11 is 0. The molecule has 1 unspecified atom stereocenters. The van der Waals surface area contributed by atoms with Crippen LogP contribution >= 0.6 is 0 Å². The molecule has 0 aliphatic heterocycles. The minimum absolute atomic E-state index is 0.0934. The lowest BCUT2D eigenvalue weighted by atomic mass is 10.0. The van der Waals surface area contributed by atoms with Crippen molar-refractivity contribution in [1.82, 2.24) is 0 Å². The van der Waals surface area contributed by atoms with Crippen molar-refractivity contribution < 1.29 is 19.4 Å². The van der Waals surface area contributed by atoms with Crippen LogP contribution < -0.4 is 0 Å². The van der Waals surface area contributed by atoms with E-state index in [0.717, 1.165) is 25.7 Å². The van der Waals surface area contributed by atoms with Gasteiger partial charge < -0.3 is 9.84 Å². The maximum atomic E-state index is 12.5. The molecule has 1 atom stereocenters. The van der Waals surface area contributed by atoms with Gasteiger partial charge in [0.15, 0.2) is 0 Å². The number of hydrogen-bond donors (Lipinski definition) is 1. The first-order valence-corrected chi connectivity index (χ1v) is 18.2. The van der Waals surface area contributed by atoms with E-state index in [1.807, 2.05) is 0 Å². The van der Waals surface area contributed by atoms with Gasteiger partial charge in [0.1, 0.15) is 6.10 Å². The van der Waals surface area contributed by atoms with Gasteiger partial charge in [-0.15, -0.1) is 0 Å². The van der Waals surface area contributed by atoms with Gasteiger partial charge in [-0.1, -0.05) is 148 Å². The van der Waals surface area contributed by atoms with E-state index < -0.39 is 5.97 Å². The maximum Gasteiger partial charge on any atom is 0.306 e. The van der Waals surface area contributed by atoms with Crippen molar-refractivity contribution in [1.29, 1.82) is 0 Å². The number of carbonyl (C=O) groups is 2. The molecule has 0 aromatic heterocycles. The van der Waals surface area contributed by atoms with E-state index in [0.29, 0.717) is 19.3 Å². The van der Waals surface area contributed by atoms with Crippen LogP contribution in [0.1, 0.15) is 206 Å². The molecule has 242 valence electrons. The Kier molecular flexibility index (Phi) is 32.1. The van der Waals surface area contributed by atoms with Crippen molar-refractivity contribution in [3.05, 3.63) is 12.2 Å². The molecular weight excluding hydrogens is 508 g/mol. The first-order chi connectivity index (χ1) is 20.1. The Morgan fingerprint density at radius 3 is 1.39 bits per heavy atom. The molecule has 0 rings (SSSR count). The van der Waals surface area contributed by atoms with Crippen molar-refractivity contribution in [2.45, 2.75) is 213 Å². The van der Waals surface area contributed by atoms with E-state index in [2.05, 4.69) is 26.0 Å². The van der Waals surface area contributed by atoms with Gasteiger partial charge in [-0.25, -0.2) is 0 Å². The Labute approximate surface area is 255 Å². The monoisotopic (exact) mass is 579 g/mol. The molecule has 0 spiro atoms. The number of carbonyl (C=O) groups excluding carboxylic acids is 1. The van der Waals surface area contributed by atoms with Gasteiger partial charge in [-0.3, -0.25) is 9.59 Å². The number of aliphatic carboxylic acids is 1. The number of rotatable bonds is 33. The van der Waals surface area contributed by atoms with Crippen LogP contribution in [0.15, 0.2) is 12.2 Å². The average molecular weight is 579 g/mol. The Morgan fingerprint density at radius 1 is 0.512 bits per heavy atom. The van der Waals surface area contributed by atoms with Crippen molar-refractivity contribution in [3.63, 3.8) is 0 Å². The molecule has 0 radical (unpaired) electrons. The fourth-order valence-electron chi connectivity index (χ4n) is 5.54. The molecule has 41 heavy (non-hydrogen) atoms. The van der Waals surface area contributed by atoms with Crippen LogP contribution in [0.3, 0.4) is 0 Å². The second kappa shape index (κ2) is 33.2. The minimum atomic E-state index is -0.769. The summed E-state index contributed by atoms with van der Waals surface area (Å²) < 4.78 is 5.81. The number of carboxylic acid groups (broad SMARTS) is 1. The third kappa shape index (κ3) is 33.1. The van der Waals surface area contributed by atoms with Crippen molar-refractivity contribution >= 4 is 11.9 Å². The highest BCUT2D eigenvalue weighted by Gasteiger charge is 2.15. The van der Waals surface area contributed by atoms with Crippen LogP contribution in [0.2, 0.25) is 0 Å². The molecular formula is C37H70O4. The smallest absolute Gasteiger partial charge is 0.306 e. The number of allylic oxidation sites excluding steroid dienone is 2. The maximum absolute atomic E-state index is 12.5. The first kappa shape index (κ1) is 39.7. The normalized spacial score (nSPS) is 12.2. The van der Waals surface area contributed by atoms with E-state index in [1.165, 1.54) is 141 Å². The topological polar surface area (TPSA) is 63.6 Å². The van der Waals surface area contributed by atoms with Gasteiger partial charge >= 0.3 is 11.9 Å². The Balaban J connectivity index is 3.83. The number of unbranched alkanes of at least 4 members (excludes halogenated alkanes) is 22. The molecule has 1 N–H and O–H groups in total. The van der Waals surface area contributed by atoms with Gasteiger partial charge in [-0.05, 0) is 57.8 Å². The summed E-state index contributed by atoms with van der Waals surface area (Å²) in [4.78, 5) is 23.4. The van der Waals surface area contributed by atoms with Crippen molar-refractivity contribution in [2.75, 3.05) is 0 Å². The SMILES string of the molecule is CCCCCC/C=C\CCCCCCCCC(=O)OC(CCCCCCCCCCCCCCC)CCCC(=O)O. The van der Waals surface area contributed by atoms with Gasteiger partial charge in [0.2, 0.25) is 0 Å². The van der Waals surface area contributed by atoms with Crippen LogP contribution in [0.5, 0.6) is 0 Å². The number of ether oxygens (including phenoxy) is 1. The Morgan fingerprint density at radius 2 is 0.902 bits per heavy atom. The van der Waals surface area contributed by atoms with E-state index in [4.69, 9.17) is 9.84 Å². The molecule has 0 aliphatic carbocycles. The van der Waals surface area contributed by atoms with Gasteiger partial charge in [0.05, 0.1) is 0 Å². The summed E-state index contributed by atoms with van der Waals surface area (Å²) in [5.41, 5.74) is 0. The molecule has 0 heterocycles. The van der Waals surface area contributed by atoms with Crippen LogP contribution in [-0.2, 0) is 14.3 Å². The summed E-state index contributed by atoms with van der Waals surface area (Å²) in [5, 5.41) is 8.99. The second-order valence-electron chi connectivity index (χ2n) is 12.4. The molecule has 0 fully saturated rings. The highest BCUT2D eigenvalue weighted by atomic mass is 16.5. The van der Waals surface area contributed by atoms with Crippen molar-refractivity contribution in [3.8, 4) is 0 Å². The molecule has 4 heteroatoms. The largest absolute Gasteiger partial charge is 0.481 e. The zero-order valence-corrected chi connectivity index (χ0v) is 27.6. The van der Waals surface area contributed by atoms with E-state index in [9.17, 15) is 9.59 Å². The lowest BCUT2D eigenvalue weighted by Crippen LogP contribution is -2.18. The summed E-state index contributed by atoms with van der Waals surface area (Å²) in [5.74, 6) is -0.862. The third-order valence-electron chi connectivity index (χ3n) is 8.24. The highest BCUT2D eigenvalue weighted by Crippen LogP contribution is 2.18. The van der Waals surface area contributed by atoms with Gasteiger partial charge in [-0.2, -0.15) is 0 Å². The van der Waals surface area contributed by atoms with E-state index in [1.54, 1.807) is 0 Å². The Hall–Kier alpha value is -1.32. The van der Waals surface area contributed by atoms with E-state index in [-0.39, 0.29) is 18.5 Å². The summed E-state index contributed by atoms with van der Waals surface area (Å²) in [6.07, 6.45) is 39.3. The van der Waals surface area contributed by atoms with Gasteiger partial charge in [0.25, 0.3) is 0 Å². The fourth-order valence-corrected chi connectivity index (χ4v) is 5.54. The third-order valence-corrected chi connectivity index (χ3v) is 8.24. The molecule has 0 aromatic carbocycles. The van der Waals surface area contributed by atoms with Crippen LogP contribution in [0.25, 0.3) is 0 Å². The molecule has 4 nitrogen and oxygen atoms in total. The standard InChI is InChI=1S/C37H70O4/c1-3-5-7-9-11-13-15-17-19-21-23-25-27-29-34-37(40)41-35(32-30-33-36(38)39)31-28-26-24-22-20-18-16-14-12-10-8-6-4-2/h13,15,35H,3-12,14,16-34H2,1-2H3,(H,38,39)/b15-13-. The lowest BCUT2D eigenvalue weighted by Gasteiger charge is -2.18. The lowest BCUT2D eigenvalue weighted by molar-refractivity contribution is -0.150. The minimum Gasteiger partial charge on any atom is -0.481 e. The summed E-state index contributed by atoms with van der Waals surface area (Å²) in [6, 6.07) is 0. The molecule has 0 saturated heterocycles. The first-order valence-electron chi connectivity index (χ1n) is 18.2. The van der Waals surface area contributed by atoms with Crippen LogP contribution in [0.4, 0.5) is 0 Å². The van der Waals surface area contributed by atoms with Crippen molar-refractivity contribution in [2.24, 2.45) is 0 Å². The number of esters is 1. The molecule has 0 amide bonds. The summed E-state index contributed by atoms with van der Waals surface area (Å²) in [6.45, 7) is 4.53. The summed E-state index contributed by atoms with van der Waals surface area (Å²) in [7, 11) is 0. The highest BCUT2D eigenvalue weighted by molar-refractivity contribution is 5.69. The quantitative estimate of drug-likeness (QED) is 0.0478. The van der Waals surface area contributed by atoms with Gasteiger partial charge in [0, 0.05) is 12.8 Å². The number of carboxylic acids is 1. The zero-order valence-electron chi connectivity index (χ0n) is 27.6. The predicted molar refractivity (Wildman–Crippen MR) is 177 cm³/mol. The average Bonchev–Trinajstić information content (AvgIpc) is 2.95. The van der Waals surface area contributed by atoms with Crippen LogP contribution in [0, 0.1) is 0 Å². The Bertz CT molecular complexity index is 585. The second-order valence-corrected chi connectivity index (χ2v) is 12.4. The zero-order chi connectivity index (χ0) is 30.1. The van der Waals surface area contributed by atoms with E-state index >= 15 is 0 Å². The molecule has 0 aliphatic rings. The molecule has 0 bridgehead atoms.